The minimum Gasteiger partial charge on any atom is -0.333 e. The van der Waals surface area contributed by atoms with Gasteiger partial charge in [-0.15, -0.1) is 15.7 Å². The molecule has 180 valence electrons. The molecule has 2 aliphatic carbocycles. The summed E-state index contributed by atoms with van der Waals surface area (Å²) >= 11 is 1.06. The van der Waals surface area contributed by atoms with Crippen molar-refractivity contribution in [3.63, 3.8) is 0 Å². The summed E-state index contributed by atoms with van der Waals surface area (Å²) in [6.45, 7) is -0.208. The van der Waals surface area contributed by atoms with E-state index in [9.17, 15) is 26.4 Å². The number of thiophene rings is 1. The number of amides is 1. The van der Waals surface area contributed by atoms with Crippen molar-refractivity contribution in [1.82, 2.24) is 15.2 Å². The second kappa shape index (κ2) is 8.12. The van der Waals surface area contributed by atoms with E-state index in [-0.39, 0.29) is 51.6 Å². The number of rotatable bonds is 6. The maximum Gasteiger partial charge on any atom is 0.287 e. The molecule has 1 aromatic heterocycles. The summed E-state index contributed by atoms with van der Waals surface area (Å²) in [5.41, 5.74) is 3.53. The van der Waals surface area contributed by atoms with Crippen LogP contribution in [-0.2, 0) is 36.2 Å². The van der Waals surface area contributed by atoms with E-state index in [1.54, 1.807) is 5.01 Å². The fraction of sp³-hybridized carbons (Fsp3) is 0.632. The molecule has 2 saturated carbocycles. The van der Waals surface area contributed by atoms with Crippen LogP contribution in [0.5, 0.6) is 0 Å². The minimum atomic E-state index is -4.24. The van der Waals surface area contributed by atoms with Crippen LogP contribution in [0.1, 0.15) is 44.1 Å². The van der Waals surface area contributed by atoms with Gasteiger partial charge in [-0.25, -0.2) is 18.6 Å². The highest BCUT2D eigenvalue weighted by Crippen LogP contribution is 2.41. The summed E-state index contributed by atoms with van der Waals surface area (Å²) in [6.07, 6.45) is 6.19. The molecule has 11 nitrogen and oxygen atoms in total. The third-order valence-corrected chi connectivity index (χ3v) is 9.87. The van der Waals surface area contributed by atoms with Gasteiger partial charge in [0.15, 0.2) is 11.7 Å². The lowest BCUT2D eigenvalue weighted by atomic mass is 9.82. The van der Waals surface area contributed by atoms with Crippen molar-refractivity contribution in [3.05, 3.63) is 10.9 Å². The molecule has 3 atom stereocenters. The Kier molecular flexibility index (Phi) is 5.63. The summed E-state index contributed by atoms with van der Waals surface area (Å²) in [4.78, 5) is 26.6. The number of nitrogens with zero attached hydrogens (tertiary/aromatic N) is 2. The second-order valence-corrected chi connectivity index (χ2v) is 13.2. The van der Waals surface area contributed by atoms with E-state index >= 15 is 0 Å². The molecule has 3 N–H and O–H groups in total. The van der Waals surface area contributed by atoms with E-state index in [1.807, 2.05) is 0 Å². The van der Waals surface area contributed by atoms with Crippen LogP contribution in [0.3, 0.4) is 0 Å². The Hall–Kier alpha value is -1.87. The fourth-order valence-corrected chi connectivity index (χ4v) is 7.95. The van der Waals surface area contributed by atoms with Gasteiger partial charge < -0.3 is 5.32 Å². The molecule has 3 heterocycles. The Labute approximate surface area is 196 Å². The quantitative estimate of drug-likeness (QED) is 0.465. The third-order valence-electron chi connectivity index (χ3n) is 6.71. The zero-order valence-corrected chi connectivity index (χ0v) is 20.4. The van der Waals surface area contributed by atoms with Crippen molar-refractivity contribution in [2.75, 3.05) is 11.6 Å². The lowest BCUT2D eigenvalue weighted by Crippen LogP contribution is -2.65. The Morgan fingerprint density at radius 3 is 2.61 bits per heavy atom. The summed E-state index contributed by atoms with van der Waals surface area (Å²) < 4.78 is 55.0. The molecule has 1 aromatic rings. The minimum absolute atomic E-state index is 0.133. The van der Waals surface area contributed by atoms with Gasteiger partial charge in [-0.2, -0.15) is 8.42 Å². The molecule has 33 heavy (non-hydrogen) atoms. The van der Waals surface area contributed by atoms with Gasteiger partial charge >= 0.3 is 0 Å². The molecule has 5 rings (SSSR count). The molecule has 3 fully saturated rings. The van der Waals surface area contributed by atoms with Crippen molar-refractivity contribution < 1.29 is 26.4 Å². The van der Waals surface area contributed by atoms with Gasteiger partial charge in [0, 0.05) is 24.1 Å². The smallest absolute Gasteiger partial charge is 0.287 e. The molecule has 0 radical (unpaired) electrons. The molecule has 2 aliphatic heterocycles. The van der Waals surface area contributed by atoms with Crippen LogP contribution in [0.2, 0.25) is 0 Å². The van der Waals surface area contributed by atoms with Crippen LogP contribution >= 0.6 is 11.3 Å². The van der Waals surface area contributed by atoms with Gasteiger partial charge in [-0.3, -0.25) is 14.6 Å². The monoisotopic (exact) mass is 515 g/mol. The molecule has 0 spiro atoms. The Bertz CT molecular complexity index is 1250. The van der Waals surface area contributed by atoms with Gasteiger partial charge in [0.05, 0.1) is 12.3 Å². The SMILES string of the molecule is CS(=O)(=O)NCc1csc2c1S(=O)(=O)N=C(C1C(=O)C3CCCC3N(NC3CCC3)C1=O)N2. The number of carbonyl (C=O) groups excluding carboxylic acids is 2. The van der Waals surface area contributed by atoms with Crippen LogP contribution in [0.4, 0.5) is 5.00 Å². The summed E-state index contributed by atoms with van der Waals surface area (Å²) in [6, 6.07) is -0.0311. The van der Waals surface area contributed by atoms with Gasteiger partial charge in [0.2, 0.25) is 10.0 Å². The number of fused-ring (bicyclic) bond motifs is 2. The first-order chi connectivity index (χ1) is 15.5. The number of ketones is 1. The zero-order valence-electron chi connectivity index (χ0n) is 17.9. The molecule has 4 aliphatic rings. The molecule has 3 unspecified atom stereocenters. The summed E-state index contributed by atoms with van der Waals surface area (Å²) in [5.74, 6) is -2.64. The number of sulfonamides is 2. The maximum absolute atomic E-state index is 13.4. The Balaban J connectivity index is 1.46. The highest BCUT2D eigenvalue weighted by Gasteiger charge is 2.53. The highest BCUT2D eigenvalue weighted by atomic mass is 32.2. The van der Waals surface area contributed by atoms with E-state index in [0.29, 0.717) is 6.42 Å². The standard InChI is InChI=1S/C19H25N5O6S3/c1-32(27,28)20-8-10-9-31-18-16(10)33(29,30)23-17(21-18)14-15(25)12-6-3-7-13(12)24(19(14)26)22-11-4-2-5-11/h9,11-14,20,22H,2-8H2,1H3,(H,21,23). The van der Waals surface area contributed by atoms with E-state index in [1.165, 1.54) is 5.38 Å². The number of hydrogen-bond donors (Lipinski definition) is 3. The highest BCUT2D eigenvalue weighted by molar-refractivity contribution is 7.91. The largest absolute Gasteiger partial charge is 0.333 e. The van der Waals surface area contributed by atoms with Gasteiger partial charge in [0.25, 0.3) is 15.9 Å². The van der Waals surface area contributed by atoms with Crippen molar-refractivity contribution in [2.24, 2.45) is 16.2 Å². The normalized spacial score (nSPS) is 29.2. The van der Waals surface area contributed by atoms with Crippen LogP contribution < -0.4 is 15.5 Å². The number of anilines is 1. The van der Waals surface area contributed by atoms with Gasteiger partial charge in [0.1, 0.15) is 15.7 Å². The molecule has 0 bridgehead atoms. The van der Waals surface area contributed by atoms with Gasteiger partial charge in [-0.05, 0) is 31.1 Å². The van der Waals surface area contributed by atoms with Gasteiger partial charge in [-0.1, -0.05) is 12.8 Å². The number of Topliss-reactive ketones (excluding diaryl/α,β-unsaturated/α-hetero) is 1. The van der Waals surface area contributed by atoms with Crippen molar-refractivity contribution in [3.8, 4) is 0 Å². The molecule has 1 saturated heterocycles. The predicted molar refractivity (Wildman–Crippen MR) is 121 cm³/mol. The first kappa shape index (κ1) is 22.9. The summed E-state index contributed by atoms with van der Waals surface area (Å²) in [7, 11) is -7.77. The molecular formula is C19H25N5O6S3. The van der Waals surface area contributed by atoms with Crippen molar-refractivity contribution >= 4 is 53.9 Å². The van der Waals surface area contributed by atoms with Crippen molar-refractivity contribution in [1.29, 1.82) is 0 Å². The van der Waals surface area contributed by atoms with Crippen molar-refractivity contribution in [2.45, 2.75) is 62.0 Å². The van der Waals surface area contributed by atoms with E-state index in [0.717, 1.165) is 49.7 Å². The second-order valence-electron chi connectivity index (χ2n) is 8.99. The number of hydrogen-bond acceptors (Lipinski definition) is 9. The first-order valence-electron chi connectivity index (χ1n) is 10.8. The maximum atomic E-state index is 13.4. The topological polar surface area (TPSA) is 154 Å². The number of hydrazine groups is 1. The predicted octanol–water partition coefficient (Wildman–Crippen LogP) is 0.563. The van der Waals surface area contributed by atoms with Crippen LogP contribution in [0, 0.1) is 11.8 Å². The zero-order chi connectivity index (χ0) is 23.5. The average Bonchev–Trinajstić information content (AvgIpc) is 3.31. The average molecular weight is 516 g/mol. The molecule has 0 aromatic carbocycles. The van der Waals surface area contributed by atoms with Crippen LogP contribution in [0.25, 0.3) is 0 Å². The van der Waals surface area contributed by atoms with E-state index in [2.05, 4.69) is 19.9 Å². The van der Waals surface area contributed by atoms with Crippen LogP contribution in [-0.4, -0.2) is 57.7 Å². The lowest BCUT2D eigenvalue weighted by molar-refractivity contribution is -0.154. The first-order valence-corrected chi connectivity index (χ1v) is 15.1. The molecule has 1 amide bonds. The Morgan fingerprint density at radius 1 is 1.21 bits per heavy atom. The Morgan fingerprint density at radius 2 is 1.94 bits per heavy atom. The molecular weight excluding hydrogens is 490 g/mol. The number of nitrogens with one attached hydrogen (secondary N) is 3. The number of amidine groups is 1. The number of piperidine rings is 1. The van der Waals surface area contributed by atoms with Crippen LogP contribution in [0.15, 0.2) is 14.7 Å². The summed E-state index contributed by atoms with van der Waals surface area (Å²) in [5, 5.41) is 6.21. The fourth-order valence-electron chi connectivity index (χ4n) is 4.89. The van der Waals surface area contributed by atoms with E-state index in [4.69, 9.17) is 0 Å². The third kappa shape index (κ3) is 4.11. The lowest BCUT2D eigenvalue weighted by Gasteiger charge is -2.44. The molecule has 14 heteroatoms. The number of carbonyl (C=O) groups is 2. The van der Waals surface area contributed by atoms with E-state index < -0.39 is 31.9 Å².